The van der Waals surface area contributed by atoms with Crippen molar-refractivity contribution in [2.24, 2.45) is 0 Å². The number of para-hydroxylation sites is 2. The minimum atomic E-state index is -0.112. The summed E-state index contributed by atoms with van der Waals surface area (Å²) in [6, 6.07) is 34.0. The van der Waals surface area contributed by atoms with Crippen LogP contribution in [0.3, 0.4) is 0 Å². The minimum absolute atomic E-state index is 0.112. The predicted octanol–water partition coefficient (Wildman–Crippen LogP) is 7.38. The number of ether oxygens (including phenoxy) is 2. The van der Waals surface area contributed by atoms with Crippen LogP contribution in [0.5, 0.6) is 11.5 Å². The highest BCUT2D eigenvalue weighted by molar-refractivity contribution is 5.53. The van der Waals surface area contributed by atoms with Crippen molar-refractivity contribution < 1.29 is 9.47 Å². The molecule has 0 bridgehead atoms. The second-order valence-electron chi connectivity index (χ2n) is 9.76. The highest BCUT2D eigenvalue weighted by atomic mass is 16.5. The van der Waals surface area contributed by atoms with Gasteiger partial charge in [0.05, 0.1) is 0 Å². The molecule has 1 aliphatic rings. The van der Waals surface area contributed by atoms with Gasteiger partial charge in [-0.3, -0.25) is 0 Å². The molecule has 5 rings (SSSR count). The lowest BCUT2D eigenvalue weighted by Crippen LogP contribution is -2.31. The third-order valence-corrected chi connectivity index (χ3v) is 7.13. The number of fused-ring (bicyclic) bond motifs is 1. The van der Waals surface area contributed by atoms with E-state index in [1.165, 1.54) is 27.9 Å². The molecule has 0 spiro atoms. The van der Waals surface area contributed by atoms with E-state index < -0.39 is 0 Å². The number of anilines is 2. The maximum absolute atomic E-state index is 5.96. The first kappa shape index (κ1) is 23.8. The van der Waals surface area contributed by atoms with E-state index in [9.17, 15) is 0 Å². The molecule has 0 radical (unpaired) electrons. The lowest BCUT2D eigenvalue weighted by atomic mass is 9.78. The van der Waals surface area contributed by atoms with Crippen LogP contribution in [0.4, 0.5) is 11.4 Å². The summed E-state index contributed by atoms with van der Waals surface area (Å²) in [7, 11) is 0. The highest BCUT2D eigenvalue weighted by Gasteiger charge is 2.24. The van der Waals surface area contributed by atoms with E-state index in [0.717, 1.165) is 30.2 Å². The number of rotatable bonds is 8. The summed E-state index contributed by atoms with van der Waals surface area (Å²) in [5, 5.41) is 3.37. The Balaban J connectivity index is 1.22. The predicted molar refractivity (Wildman–Crippen MR) is 148 cm³/mol. The Bertz CT molecular complexity index is 1300. The summed E-state index contributed by atoms with van der Waals surface area (Å²) in [6.07, 6.45) is 0.959. The fourth-order valence-corrected chi connectivity index (χ4v) is 4.73. The third kappa shape index (κ3) is 5.03. The van der Waals surface area contributed by atoms with Gasteiger partial charge in [0.1, 0.15) is 11.5 Å². The van der Waals surface area contributed by atoms with Crippen molar-refractivity contribution in [1.29, 1.82) is 0 Å². The number of nitrogens with one attached hydrogen (secondary N) is 1. The van der Waals surface area contributed by atoms with Gasteiger partial charge in [0.2, 0.25) is 0 Å². The maximum Gasteiger partial charge on any atom is 0.161 e. The Morgan fingerprint density at radius 2 is 1.50 bits per heavy atom. The molecular weight excluding hydrogens is 444 g/mol. The fraction of sp³-hybridized carbons (Fsp3) is 0.250. The Kier molecular flexibility index (Phi) is 6.86. The number of nitrogens with zero attached hydrogens (tertiary/aromatic N) is 1. The van der Waals surface area contributed by atoms with Gasteiger partial charge in [-0.2, -0.15) is 0 Å². The van der Waals surface area contributed by atoms with Gasteiger partial charge in [-0.25, -0.2) is 0 Å². The van der Waals surface area contributed by atoms with E-state index in [0.29, 0.717) is 13.5 Å². The summed E-state index contributed by atoms with van der Waals surface area (Å²) in [4.78, 5) is 2.26. The molecular formula is C32H34N2O2. The second-order valence-corrected chi connectivity index (χ2v) is 9.76. The zero-order valence-corrected chi connectivity index (χ0v) is 21.3. The molecule has 4 nitrogen and oxygen atoms in total. The van der Waals surface area contributed by atoms with Crippen LogP contribution in [0, 0.1) is 0 Å². The number of aryl methyl sites for hydroxylation is 1. The topological polar surface area (TPSA) is 33.7 Å². The van der Waals surface area contributed by atoms with Crippen molar-refractivity contribution in [3.05, 3.63) is 119 Å². The van der Waals surface area contributed by atoms with E-state index >= 15 is 0 Å². The zero-order chi connectivity index (χ0) is 25.0. The molecule has 0 saturated heterocycles. The van der Waals surface area contributed by atoms with E-state index in [1.54, 1.807) is 0 Å². The highest BCUT2D eigenvalue weighted by Crippen LogP contribution is 2.34. The lowest BCUT2D eigenvalue weighted by Gasteiger charge is -2.32. The number of benzene rings is 4. The average molecular weight is 479 g/mol. The quantitative estimate of drug-likeness (QED) is 0.268. The molecule has 0 atom stereocenters. The van der Waals surface area contributed by atoms with Crippen LogP contribution >= 0.6 is 0 Å². The van der Waals surface area contributed by atoms with Crippen molar-refractivity contribution in [3.63, 3.8) is 0 Å². The number of hydrogen-bond acceptors (Lipinski definition) is 4. The van der Waals surface area contributed by atoms with Crippen LogP contribution in [0.15, 0.2) is 97.1 Å². The van der Waals surface area contributed by atoms with Gasteiger partial charge < -0.3 is 19.7 Å². The smallest absolute Gasteiger partial charge is 0.161 e. The lowest BCUT2D eigenvalue weighted by molar-refractivity contribution is 0.289. The summed E-state index contributed by atoms with van der Waals surface area (Å²) < 4.78 is 11.9. The van der Waals surface area contributed by atoms with Crippen molar-refractivity contribution >= 4 is 11.4 Å². The summed E-state index contributed by atoms with van der Waals surface area (Å²) >= 11 is 0. The van der Waals surface area contributed by atoms with Gasteiger partial charge in [0, 0.05) is 28.9 Å². The molecule has 4 aromatic carbocycles. The maximum atomic E-state index is 5.96. The molecule has 0 saturated carbocycles. The molecule has 1 N–H and O–H groups in total. The van der Waals surface area contributed by atoms with Gasteiger partial charge in [0.25, 0.3) is 0 Å². The van der Waals surface area contributed by atoms with Crippen LogP contribution in [-0.2, 0) is 18.4 Å². The van der Waals surface area contributed by atoms with Gasteiger partial charge in [0.15, 0.2) is 13.5 Å². The molecule has 0 amide bonds. The molecule has 4 aromatic rings. The monoisotopic (exact) mass is 478 g/mol. The van der Waals surface area contributed by atoms with Crippen LogP contribution in [0.2, 0.25) is 0 Å². The molecule has 1 heterocycles. The van der Waals surface area contributed by atoms with Crippen molar-refractivity contribution in [2.75, 3.05) is 23.7 Å². The second kappa shape index (κ2) is 10.4. The first-order valence-corrected chi connectivity index (χ1v) is 12.7. The van der Waals surface area contributed by atoms with E-state index in [1.807, 2.05) is 30.3 Å². The Morgan fingerprint density at radius 3 is 2.25 bits per heavy atom. The Labute approximate surface area is 214 Å². The largest absolute Gasteiger partial charge is 0.473 e. The van der Waals surface area contributed by atoms with E-state index in [2.05, 4.69) is 97.7 Å². The van der Waals surface area contributed by atoms with Crippen LogP contribution in [0.25, 0.3) is 0 Å². The molecule has 4 heteroatoms. The Hall–Kier alpha value is -3.92. The van der Waals surface area contributed by atoms with Gasteiger partial charge >= 0.3 is 0 Å². The zero-order valence-electron chi connectivity index (χ0n) is 21.3. The fourth-order valence-electron chi connectivity index (χ4n) is 4.73. The molecule has 1 aliphatic heterocycles. The third-order valence-electron chi connectivity index (χ3n) is 7.13. The normalized spacial score (nSPS) is 13.0. The van der Waals surface area contributed by atoms with Crippen molar-refractivity contribution in [3.8, 4) is 11.5 Å². The first-order chi connectivity index (χ1) is 17.5. The minimum Gasteiger partial charge on any atom is -0.473 e. The first-order valence-electron chi connectivity index (χ1n) is 12.7. The van der Waals surface area contributed by atoms with Gasteiger partial charge in [-0.05, 0) is 59.5 Å². The van der Waals surface area contributed by atoms with E-state index in [4.69, 9.17) is 9.47 Å². The summed E-state index contributed by atoms with van der Waals surface area (Å²) in [6.45, 7) is 8.56. The average Bonchev–Trinajstić information content (AvgIpc) is 2.93. The number of hydrogen-bond donors (Lipinski definition) is 1. The van der Waals surface area contributed by atoms with Crippen molar-refractivity contribution in [1.82, 2.24) is 0 Å². The molecule has 0 aromatic heterocycles. The standard InChI is InChI=1S/C32H34N2O2/c1-4-24-9-5-7-11-30(24)35-22-33-28-17-13-26(14-18-28)32(2,3)27-15-19-29(20-16-27)34-21-25-10-6-8-12-31(25)36-23-34/h5-20,33H,4,21-23H2,1-3H3. The van der Waals surface area contributed by atoms with Crippen molar-refractivity contribution in [2.45, 2.75) is 39.2 Å². The SMILES string of the molecule is CCc1ccccc1OCNc1ccc(C(C)(C)c2ccc(N3COc4ccccc4C3)cc2)cc1. The molecule has 0 aliphatic carbocycles. The van der Waals surface area contributed by atoms with Crippen LogP contribution in [0.1, 0.15) is 43.0 Å². The summed E-state index contributed by atoms with van der Waals surface area (Å²) in [5.74, 6) is 1.93. The van der Waals surface area contributed by atoms with Gasteiger partial charge in [-0.15, -0.1) is 0 Å². The summed E-state index contributed by atoms with van der Waals surface area (Å²) in [5.41, 5.74) is 7.11. The Morgan fingerprint density at radius 1 is 0.833 bits per heavy atom. The molecule has 0 fully saturated rings. The molecule has 0 unspecified atom stereocenters. The van der Waals surface area contributed by atoms with Crippen LogP contribution in [-0.4, -0.2) is 13.5 Å². The molecule has 36 heavy (non-hydrogen) atoms. The molecule has 184 valence electrons. The van der Waals surface area contributed by atoms with Crippen LogP contribution < -0.4 is 19.7 Å². The van der Waals surface area contributed by atoms with Gasteiger partial charge in [-0.1, -0.05) is 81.4 Å². The van der Waals surface area contributed by atoms with E-state index in [-0.39, 0.29) is 5.41 Å².